The third-order valence-electron chi connectivity index (χ3n) is 5.89. The summed E-state index contributed by atoms with van der Waals surface area (Å²) < 4.78 is 19.5. The zero-order valence-corrected chi connectivity index (χ0v) is 18.2. The number of aromatic nitrogens is 2. The fourth-order valence-electron chi connectivity index (χ4n) is 4.11. The van der Waals surface area contributed by atoms with E-state index in [1.54, 1.807) is 38.1 Å². The number of carbonyl (C=O) groups is 2. The molecule has 166 valence electrons. The number of carbonyl (C=O) groups excluding carboxylic acids is 2. The smallest absolute Gasteiger partial charge is 0.251 e. The first-order valence-corrected chi connectivity index (χ1v) is 10.5. The first-order valence-electron chi connectivity index (χ1n) is 10.5. The van der Waals surface area contributed by atoms with E-state index in [1.807, 2.05) is 30.3 Å². The number of rotatable bonds is 5. The molecule has 1 fully saturated rings. The minimum Gasteiger partial charge on any atom is -0.349 e. The molecule has 1 N–H and O–H groups in total. The van der Waals surface area contributed by atoms with Gasteiger partial charge >= 0.3 is 0 Å². The molecule has 0 radical (unpaired) electrons. The van der Waals surface area contributed by atoms with Crippen molar-refractivity contribution in [2.45, 2.75) is 31.7 Å². The van der Waals surface area contributed by atoms with Gasteiger partial charge in [0.1, 0.15) is 5.82 Å². The van der Waals surface area contributed by atoms with Crippen LogP contribution in [0.1, 0.15) is 40.6 Å². The van der Waals surface area contributed by atoms with Crippen molar-refractivity contribution in [1.29, 1.82) is 0 Å². The van der Waals surface area contributed by atoms with Crippen LogP contribution in [-0.4, -0.2) is 47.0 Å². The molecule has 4 rings (SSSR count). The third-order valence-corrected chi connectivity index (χ3v) is 5.89. The number of benzene rings is 2. The van der Waals surface area contributed by atoms with Gasteiger partial charge in [0.15, 0.2) is 0 Å². The normalized spacial score (nSPS) is 20.2. The van der Waals surface area contributed by atoms with Gasteiger partial charge in [0.25, 0.3) is 5.91 Å². The van der Waals surface area contributed by atoms with Gasteiger partial charge in [0.05, 0.1) is 5.92 Å². The fraction of sp³-hybridized carbons (Fsp3) is 0.333. The highest BCUT2D eigenvalue weighted by Crippen LogP contribution is 2.39. The average Bonchev–Trinajstić information content (AvgIpc) is 3.43. The molecule has 0 aliphatic heterocycles. The highest BCUT2D eigenvalue weighted by atomic mass is 19.1. The number of aryl methyl sites for hydroxylation is 1. The minimum absolute atomic E-state index is 0.0177. The van der Waals surface area contributed by atoms with Crippen molar-refractivity contribution >= 4 is 11.8 Å². The summed E-state index contributed by atoms with van der Waals surface area (Å²) >= 11 is 0. The Hall–Kier alpha value is -3.55. The number of halogens is 1. The van der Waals surface area contributed by atoms with Gasteiger partial charge in [-0.05, 0) is 37.5 Å². The highest BCUT2D eigenvalue weighted by Gasteiger charge is 2.43. The van der Waals surface area contributed by atoms with E-state index in [9.17, 15) is 14.0 Å². The number of amides is 2. The Morgan fingerprint density at radius 1 is 1.12 bits per heavy atom. The Morgan fingerprint density at radius 3 is 2.56 bits per heavy atom. The Labute approximate surface area is 185 Å². The summed E-state index contributed by atoms with van der Waals surface area (Å²) in [5, 5.41) is 7.04. The SMILES string of the molecule is Cc1ccc(C(=O)NC2CC(C(=O)N(C)C)CC2c2nc(-c3ccccc3)no2)cc1F. The number of nitrogens with one attached hydrogen (secondary N) is 1. The molecule has 1 aliphatic rings. The quantitative estimate of drug-likeness (QED) is 0.661. The third kappa shape index (κ3) is 4.39. The molecule has 3 unspecified atom stereocenters. The van der Waals surface area contributed by atoms with E-state index in [0.29, 0.717) is 30.1 Å². The summed E-state index contributed by atoms with van der Waals surface area (Å²) in [6.07, 6.45) is 0.908. The number of hydrogen-bond donors (Lipinski definition) is 1. The summed E-state index contributed by atoms with van der Waals surface area (Å²) in [5.41, 5.74) is 1.51. The van der Waals surface area contributed by atoms with Crippen LogP contribution in [-0.2, 0) is 4.79 Å². The zero-order valence-electron chi connectivity index (χ0n) is 18.2. The second-order valence-electron chi connectivity index (χ2n) is 8.37. The summed E-state index contributed by atoms with van der Waals surface area (Å²) in [6.45, 7) is 1.64. The molecule has 3 atom stereocenters. The van der Waals surface area contributed by atoms with E-state index >= 15 is 0 Å². The maximum absolute atomic E-state index is 14.0. The van der Waals surface area contributed by atoms with Crippen LogP contribution < -0.4 is 5.32 Å². The van der Waals surface area contributed by atoms with E-state index < -0.39 is 17.8 Å². The molecular weight excluding hydrogens is 411 g/mol. The molecule has 2 aromatic carbocycles. The van der Waals surface area contributed by atoms with Gasteiger partial charge < -0.3 is 14.7 Å². The van der Waals surface area contributed by atoms with Crippen LogP contribution >= 0.6 is 0 Å². The zero-order chi connectivity index (χ0) is 22.8. The van der Waals surface area contributed by atoms with Crippen LogP contribution in [0, 0.1) is 18.7 Å². The average molecular weight is 436 g/mol. The monoisotopic (exact) mass is 436 g/mol. The second-order valence-corrected chi connectivity index (χ2v) is 8.37. The van der Waals surface area contributed by atoms with Crippen molar-refractivity contribution in [2.24, 2.45) is 5.92 Å². The molecule has 1 heterocycles. The van der Waals surface area contributed by atoms with Crippen LogP contribution in [0.25, 0.3) is 11.4 Å². The van der Waals surface area contributed by atoms with Gasteiger partial charge in [-0.1, -0.05) is 41.6 Å². The first-order chi connectivity index (χ1) is 15.3. The lowest BCUT2D eigenvalue weighted by molar-refractivity contribution is -0.132. The van der Waals surface area contributed by atoms with Crippen LogP contribution in [0.3, 0.4) is 0 Å². The summed E-state index contributed by atoms with van der Waals surface area (Å²) in [4.78, 5) is 31.6. The van der Waals surface area contributed by atoms with Gasteiger partial charge in [0.2, 0.25) is 17.6 Å². The summed E-state index contributed by atoms with van der Waals surface area (Å²) in [6, 6.07) is 13.4. The maximum atomic E-state index is 14.0. The predicted octanol–water partition coefficient (Wildman–Crippen LogP) is 3.56. The molecular formula is C24H25FN4O3. The highest BCUT2D eigenvalue weighted by molar-refractivity contribution is 5.94. The molecule has 0 spiro atoms. The van der Waals surface area contributed by atoms with E-state index in [1.165, 1.54) is 6.07 Å². The van der Waals surface area contributed by atoms with Crippen molar-refractivity contribution in [1.82, 2.24) is 20.4 Å². The van der Waals surface area contributed by atoms with Crippen molar-refractivity contribution in [2.75, 3.05) is 14.1 Å². The van der Waals surface area contributed by atoms with Gasteiger partial charge in [-0.15, -0.1) is 0 Å². The van der Waals surface area contributed by atoms with Crippen molar-refractivity contribution < 1.29 is 18.5 Å². The Kier molecular flexibility index (Phi) is 6.03. The van der Waals surface area contributed by atoms with Gasteiger partial charge in [-0.3, -0.25) is 9.59 Å². The van der Waals surface area contributed by atoms with Crippen molar-refractivity contribution in [3.8, 4) is 11.4 Å². The van der Waals surface area contributed by atoms with E-state index in [2.05, 4.69) is 15.5 Å². The van der Waals surface area contributed by atoms with Gasteiger partial charge in [0, 0.05) is 37.2 Å². The number of hydrogen-bond acceptors (Lipinski definition) is 5. The van der Waals surface area contributed by atoms with Gasteiger partial charge in [-0.25, -0.2) is 4.39 Å². The lowest BCUT2D eigenvalue weighted by Gasteiger charge is -2.18. The lowest BCUT2D eigenvalue weighted by atomic mass is 10.0. The Balaban J connectivity index is 1.59. The molecule has 1 aromatic heterocycles. The molecule has 32 heavy (non-hydrogen) atoms. The molecule has 0 bridgehead atoms. The number of nitrogens with zero attached hydrogens (tertiary/aromatic N) is 3. The first kappa shape index (κ1) is 21.7. The molecule has 3 aromatic rings. The largest absolute Gasteiger partial charge is 0.349 e. The molecule has 8 heteroatoms. The van der Waals surface area contributed by atoms with Crippen molar-refractivity contribution in [3.05, 3.63) is 71.4 Å². The molecule has 0 saturated heterocycles. The predicted molar refractivity (Wildman–Crippen MR) is 116 cm³/mol. The van der Waals surface area contributed by atoms with Gasteiger partial charge in [-0.2, -0.15) is 4.98 Å². The van der Waals surface area contributed by atoms with E-state index in [0.717, 1.165) is 5.56 Å². The molecule has 1 aliphatic carbocycles. The topological polar surface area (TPSA) is 88.3 Å². The maximum Gasteiger partial charge on any atom is 0.251 e. The minimum atomic E-state index is -0.439. The molecule has 2 amide bonds. The Morgan fingerprint density at radius 2 is 1.88 bits per heavy atom. The van der Waals surface area contributed by atoms with Crippen LogP contribution in [0.15, 0.2) is 53.1 Å². The lowest BCUT2D eigenvalue weighted by Crippen LogP contribution is -2.37. The van der Waals surface area contributed by atoms with Crippen LogP contribution in [0.5, 0.6) is 0 Å². The van der Waals surface area contributed by atoms with E-state index in [4.69, 9.17) is 4.52 Å². The fourth-order valence-corrected chi connectivity index (χ4v) is 4.11. The molecule has 7 nitrogen and oxygen atoms in total. The summed E-state index contributed by atoms with van der Waals surface area (Å²) in [5.74, 6) is -0.650. The van der Waals surface area contributed by atoms with Crippen molar-refractivity contribution in [3.63, 3.8) is 0 Å². The van der Waals surface area contributed by atoms with Crippen LogP contribution in [0.2, 0.25) is 0 Å². The van der Waals surface area contributed by atoms with Crippen LogP contribution in [0.4, 0.5) is 4.39 Å². The van der Waals surface area contributed by atoms with E-state index in [-0.39, 0.29) is 23.3 Å². The standard InChI is InChI=1S/C24H25FN4O3/c1-14-9-10-16(12-19(14)25)22(30)26-20-13-17(24(31)29(2)3)11-18(20)23-27-21(28-32-23)15-7-5-4-6-8-15/h4-10,12,17-18,20H,11,13H2,1-3H3,(H,26,30). The Bertz CT molecular complexity index is 1130. The second kappa shape index (κ2) is 8.90. The molecule has 1 saturated carbocycles. The summed E-state index contributed by atoms with van der Waals surface area (Å²) in [7, 11) is 3.41.